The van der Waals surface area contributed by atoms with Crippen molar-refractivity contribution in [3.8, 4) is 0 Å². The minimum absolute atomic E-state index is 0.142. The molecular formula is C20H36NO6+. The molecule has 0 fully saturated rings. The standard InChI is InChI=1S/C20H35NO6/c1-5-9-10-11-12-13-14-21(15(6-2)18(22)23,16(7-3)19(24)25)17(8-4)20(26)27/h13-17H,5-12H2,1-4H3,(H2-,22,23,24,25,26,27)/p+1/b14-13+. The Kier molecular flexibility index (Phi) is 11.6. The number of carboxylic acids is 3. The van der Waals surface area contributed by atoms with Crippen LogP contribution in [-0.2, 0) is 14.4 Å². The first kappa shape index (κ1) is 25.1. The van der Waals surface area contributed by atoms with E-state index in [0.29, 0.717) is 6.42 Å². The molecule has 0 aromatic carbocycles. The molecule has 0 bridgehead atoms. The molecule has 0 aromatic heterocycles. The minimum Gasteiger partial charge on any atom is -0.477 e. The molecule has 0 amide bonds. The van der Waals surface area contributed by atoms with E-state index in [1.807, 2.05) is 0 Å². The van der Waals surface area contributed by atoms with E-state index >= 15 is 0 Å². The lowest BCUT2D eigenvalue weighted by Gasteiger charge is -2.46. The highest BCUT2D eigenvalue weighted by atomic mass is 16.4. The molecule has 3 unspecified atom stereocenters. The highest BCUT2D eigenvalue weighted by Gasteiger charge is 2.55. The summed E-state index contributed by atoms with van der Waals surface area (Å²) in [4.78, 5) is 36.0. The van der Waals surface area contributed by atoms with Gasteiger partial charge in [0.2, 0.25) is 0 Å². The van der Waals surface area contributed by atoms with Crippen LogP contribution in [0.4, 0.5) is 0 Å². The van der Waals surface area contributed by atoms with Crippen LogP contribution < -0.4 is 0 Å². The largest absolute Gasteiger partial charge is 0.477 e. The maximum atomic E-state index is 12.0. The second-order valence-electron chi connectivity index (χ2n) is 6.92. The van der Waals surface area contributed by atoms with E-state index in [1.165, 1.54) is 0 Å². The van der Waals surface area contributed by atoms with E-state index in [0.717, 1.165) is 25.7 Å². The molecule has 0 aliphatic heterocycles. The molecule has 0 aromatic rings. The number of allylic oxidation sites excluding steroid dienone is 1. The minimum atomic E-state index is -1.17. The van der Waals surface area contributed by atoms with Crippen LogP contribution >= 0.6 is 0 Å². The Labute approximate surface area is 162 Å². The number of nitrogens with zero attached hydrogens (tertiary/aromatic N) is 1. The van der Waals surface area contributed by atoms with Crippen LogP contribution in [0.15, 0.2) is 12.3 Å². The van der Waals surface area contributed by atoms with Crippen LogP contribution in [-0.4, -0.2) is 55.8 Å². The van der Waals surface area contributed by atoms with Crippen LogP contribution in [0.25, 0.3) is 0 Å². The van der Waals surface area contributed by atoms with Crippen molar-refractivity contribution < 1.29 is 34.2 Å². The molecule has 0 heterocycles. The molecule has 27 heavy (non-hydrogen) atoms. The molecule has 3 N–H and O–H groups in total. The van der Waals surface area contributed by atoms with E-state index < -0.39 is 40.5 Å². The number of unbranched alkanes of at least 4 members (excludes halogenated alkanes) is 4. The summed E-state index contributed by atoms with van der Waals surface area (Å²) in [5.74, 6) is -3.52. The monoisotopic (exact) mass is 386 g/mol. The van der Waals surface area contributed by atoms with Crippen LogP contribution in [0.1, 0.15) is 79.1 Å². The van der Waals surface area contributed by atoms with E-state index in [-0.39, 0.29) is 19.3 Å². The molecule has 0 aliphatic rings. The zero-order valence-electron chi connectivity index (χ0n) is 17.1. The SMILES string of the molecule is CCCCCC/C=C/[N+](C(CC)C(=O)O)(C(CC)C(=O)O)C(CC)C(=O)O. The van der Waals surface area contributed by atoms with Gasteiger partial charge in [0.05, 0.1) is 6.20 Å². The Bertz CT molecular complexity index is 462. The fraction of sp³-hybridized carbons (Fsp3) is 0.750. The van der Waals surface area contributed by atoms with E-state index in [4.69, 9.17) is 0 Å². The number of aliphatic carboxylic acids is 3. The average Bonchev–Trinajstić information content (AvgIpc) is 2.58. The van der Waals surface area contributed by atoms with E-state index in [1.54, 1.807) is 33.0 Å². The predicted molar refractivity (Wildman–Crippen MR) is 103 cm³/mol. The molecule has 0 saturated carbocycles. The third-order valence-electron chi connectivity index (χ3n) is 5.22. The van der Waals surface area contributed by atoms with Gasteiger partial charge in [0.1, 0.15) is 0 Å². The van der Waals surface area contributed by atoms with E-state index in [2.05, 4.69) is 6.92 Å². The molecule has 0 saturated heterocycles. The summed E-state index contributed by atoms with van der Waals surface area (Å²) in [5, 5.41) is 29.4. The van der Waals surface area contributed by atoms with Gasteiger partial charge in [-0.3, -0.25) is 4.48 Å². The Hall–Kier alpha value is -1.89. The number of quaternary nitrogens is 1. The number of carboxylic acid groups (broad SMARTS) is 3. The zero-order chi connectivity index (χ0) is 21.0. The first-order valence-electron chi connectivity index (χ1n) is 9.98. The van der Waals surface area contributed by atoms with Crippen molar-refractivity contribution >= 4 is 17.9 Å². The van der Waals surface area contributed by atoms with Crippen molar-refractivity contribution in [2.75, 3.05) is 0 Å². The first-order chi connectivity index (χ1) is 12.7. The highest BCUT2D eigenvalue weighted by Crippen LogP contribution is 2.32. The Morgan fingerprint density at radius 3 is 1.44 bits per heavy atom. The Balaban J connectivity index is 6.29. The molecule has 156 valence electrons. The lowest BCUT2D eigenvalue weighted by molar-refractivity contribution is -0.927. The normalized spacial score (nSPS) is 17.2. The van der Waals surface area contributed by atoms with E-state index in [9.17, 15) is 29.7 Å². The van der Waals surface area contributed by atoms with Gasteiger partial charge >= 0.3 is 17.9 Å². The number of carbonyl (C=O) groups is 3. The second-order valence-corrected chi connectivity index (χ2v) is 6.92. The Morgan fingerprint density at radius 2 is 1.15 bits per heavy atom. The maximum absolute atomic E-state index is 12.0. The van der Waals surface area contributed by atoms with Crippen LogP contribution in [0.2, 0.25) is 0 Å². The fourth-order valence-electron chi connectivity index (χ4n) is 3.96. The van der Waals surface area contributed by atoms with Crippen LogP contribution in [0.5, 0.6) is 0 Å². The third-order valence-corrected chi connectivity index (χ3v) is 5.22. The van der Waals surface area contributed by atoms with Gasteiger partial charge in [-0.25, -0.2) is 14.4 Å². The smallest absolute Gasteiger partial charge is 0.362 e. The molecule has 0 radical (unpaired) electrons. The van der Waals surface area contributed by atoms with Gasteiger partial charge in [0.25, 0.3) is 0 Å². The van der Waals surface area contributed by atoms with Crippen molar-refractivity contribution in [3.63, 3.8) is 0 Å². The van der Waals surface area contributed by atoms with Crippen molar-refractivity contribution in [2.24, 2.45) is 0 Å². The van der Waals surface area contributed by atoms with Crippen LogP contribution in [0, 0.1) is 0 Å². The Morgan fingerprint density at radius 1 is 0.741 bits per heavy atom. The third kappa shape index (κ3) is 6.34. The summed E-state index contributed by atoms with van der Waals surface area (Å²) in [7, 11) is 0. The number of hydrogen-bond donors (Lipinski definition) is 3. The molecule has 0 aliphatic carbocycles. The lowest BCUT2D eigenvalue weighted by atomic mass is 9.95. The van der Waals surface area contributed by atoms with Crippen LogP contribution in [0.3, 0.4) is 0 Å². The summed E-state index contributed by atoms with van der Waals surface area (Å²) < 4.78 is -0.586. The molecular weight excluding hydrogens is 350 g/mol. The van der Waals surface area contributed by atoms with Crippen molar-refractivity contribution in [1.82, 2.24) is 0 Å². The molecule has 0 rings (SSSR count). The topological polar surface area (TPSA) is 112 Å². The average molecular weight is 387 g/mol. The molecule has 0 spiro atoms. The van der Waals surface area contributed by atoms with Gasteiger partial charge in [-0.2, -0.15) is 0 Å². The predicted octanol–water partition coefficient (Wildman–Crippen LogP) is 3.88. The van der Waals surface area contributed by atoms with Gasteiger partial charge < -0.3 is 15.3 Å². The van der Waals surface area contributed by atoms with Gasteiger partial charge in [-0.1, -0.05) is 47.0 Å². The zero-order valence-corrected chi connectivity index (χ0v) is 17.1. The van der Waals surface area contributed by atoms with Crippen molar-refractivity contribution in [3.05, 3.63) is 12.3 Å². The summed E-state index contributed by atoms with van der Waals surface area (Å²) >= 11 is 0. The quantitative estimate of drug-likeness (QED) is 0.291. The first-order valence-corrected chi connectivity index (χ1v) is 9.98. The fourth-order valence-corrected chi connectivity index (χ4v) is 3.96. The summed E-state index contributed by atoms with van der Waals surface area (Å²) in [6, 6.07) is -3.42. The number of rotatable bonds is 15. The summed E-state index contributed by atoms with van der Waals surface area (Å²) in [5.41, 5.74) is 0. The summed E-state index contributed by atoms with van der Waals surface area (Å²) in [6.07, 6.45) is 8.55. The van der Waals surface area contributed by atoms with Gasteiger partial charge in [-0.15, -0.1) is 0 Å². The van der Waals surface area contributed by atoms with Gasteiger partial charge in [-0.05, 0) is 18.9 Å². The van der Waals surface area contributed by atoms with Crippen molar-refractivity contribution in [2.45, 2.75) is 97.2 Å². The molecule has 7 heteroatoms. The van der Waals surface area contributed by atoms with Crippen molar-refractivity contribution in [1.29, 1.82) is 0 Å². The maximum Gasteiger partial charge on any atom is 0.362 e. The molecule has 7 nitrogen and oxygen atoms in total. The van der Waals surface area contributed by atoms with Gasteiger partial charge in [0, 0.05) is 19.3 Å². The summed E-state index contributed by atoms with van der Waals surface area (Å²) in [6.45, 7) is 7.08. The second kappa shape index (κ2) is 12.5. The lowest BCUT2D eigenvalue weighted by Crippen LogP contribution is -2.69. The highest BCUT2D eigenvalue weighted by molar-refractivity contribution is 5.78. The van der Waals surface area contributed by atoms with Gasteiger partial charge in [0.15, 0.2) is 18.1 Å². The molecule has 3 atom stereocenters. The number of hydrogen-bond acceptors (Lipinski definition) is 3.